The van der Waals surface area contributed by atoms with Crippen molar-refractivity contribution in [2.45, 2.75) is 13.5 Å². The number of nitrogens with zero attached hydrogens (tertiary/aromatic N) is 2. The molecule has 2 aromatic rings. The Balaban J connectivity index is 2.34. The van der Waals surface area contributed by atoms with E-state index < -0.39 is 0 Å². The number of halogens is 2. The number of aryl methyl sites for hydroxylation is 1. The maximum atomic E-state index is 5.94. The van der Waals surface area contributed by atoms with E-state index in [9.17, 15) is 0 Å². The molecule has 0 aliphatic rings. The Morgan fingerprint density at radius 1 is 1.31 bits per heavy atom. The molecule has 84 valence electrons. The number of hydrogen-bond donors (Lipinski definition) is 1. The average Bonchev–Trinajstić information content (AvgIpc) is 2.50. The lowest BCUT2D eigenvalue weighted by Crippen LogP contribution is -2.06. The van der Waals surface area contributed by atoms with Gasteiger partial charge < -0.3 is 5.73 Å². The molecule has 2 N–H and O–H groups in total. The fourth-order valence-electron chi connectivity index (χ4n) is 1.49. The standard InChI is InChI=1S/C11H11Br2N3/c1-7-10(13)11(14)16(15-7)6-8-4-2-3-5-9(8)12/h2-5H,6,14H2,1H3. The van der Waals surface area contributed by atoms with Gasteiger partial charge in [-0.05, 0) is 34.5 Å². The highest BCUT2D eigenvalue weighted by molar-refractivity contribution is 9.11. The number of rotatable bonds is 2. The van der Waals surface area contributed by atoms with Crippen molar-refractivity contribution in [1.29, 1.82) is 0 Å². The fraction of sp³-hybridized carbons (Fsp3) is 0.182. The Bertz CT molecular complexity index is 520. The third-order valence-corrected chi connectivity index (χ3v) is 4.12. The molecule has 0 saturated heterocycles. The van der Waals surface area contributed by atoms with Crippen LogP contribution in [0.1, 0.15) is 11.3 Å². The molecule has 2 rings (SSSR count). The molecular formula is C11H11Br2N3. The van der Waals surface area contributed by atoms with Crippen LogP contribution in [0.2, 0.25) is 0 Å². The smallest absolute Gasteiger partial charge is 0.136 e. The largest absolute Gasteiger partial charge is 0.383 e. The van der Waals surface area contributed by atoms with E-state index in [0.717, 1.165) is 20.2 Å². The maximum Gasteiger partial charge on any atom is 0.136 e. The second-order valence-electron chi connectivity index (χ2n) is 3.53. The average molecular weight is 345 g/mol. The van der Waals surface area contributed by atoms with Gasteiger partial charge in [0, 0.05) is 4.47 Å². The third kappa shape index (κ3) is 2.15. The van der Waals surface area contributed by atoms with Gasteiger partial charge in [0.1, 0.15) is 5.82 Å². The van der Waals surface area contributed by atoms with Gasteiger partial charge in [-0.15, -0.1) is 0 Å². The molecule has 0 amide bonds. The zero-order valence-electron chi connectivity index (χ0n) is 8.74. The predicted molar refractivity (Wildman–Crippen MR) is 72.3 cm³/mol. The molecule has 0 spiro atoms. The maximum absolute atomic E-state index is 5.94. The zero-order chi connectivity index (χ0) is 11.7. The van der Waals surface area contributed by atoms with E-state index in [1.54, 1.807) is 4.68 Å². The summed E-state index contributed by atoms with van der Waals surface area (Å²) in [5.41, 5.74) is 8.00. The van der Waals surface area contributed by atoms with Crippen molar-refractivity contribution in [3.63, 3.8) is 0 Å². The summed E-state index contributed by atoms with van der Waals surface area (Å²) in [5.74, 6) is 0.660. The van der Waals surface area contributed by atoms with Crippen LogP contribution in [0.15, 0.2) is 33.2 Å². The molecule has 1 heterocycles. The van der Waals surface area contributed by atoms with Gasteiger partial charge in [0.15, 0.2) is 0 Å². The first-order chi connectivity index (χ1) is 7.59. The normalized spacial score (nSPS) is 10.7. The van der Waals surface area contributed by atoms with Crippen molar-refractivity contribution >= 4 is 37.7 Å². The third-order valence-electron chi connectivity index (χ3n) is 2.37. The van der Waals surface area contributed by atoms with Gasteiger partial charge in [-0.3, -0.25) is 0 Å². The second kappa shape index (κ2) is 4.59. The number of anilines is 1. The summed E-state index contributed by atoms with van der Waals surface area (Å²) in [7, 11) is 0. The summed E-state index contributed by atoms with van der Waals surface area (Å²) in [6, 6.07) is 8.05. The summed E-state index contributed by atoms with van der Waals surface area (Å²) in [5, 5.41) is 4.37. The Morgan fingerprint density at radius 2 is 2.00 bits per heavy atom. The highest BCUT2D eigenvalue weighted by Crippen LogP contribution is 2.25. The molecule has 1 aromatic heterocycles. The van der Waals surface area contributed by atoms with Gasteiger partial charge in [-0.1, -0.05) is 34.1 Å². The van der Waals surface area contributed by atoms with Crippen LogP contribution < -0.4 is 5.73 Å². The minimum absolute atomic E-state index is 0.660. The Hall–Kier alpha value is -0.810. The molecule has 0 radical (unpaired) electrons. The number of nitrogen functional groups attached to an aromatic ring is 1. The van der Waals surface area contributed by atoms with E-state index >= 15 is 0 Å². The van der Waals surface area contributed by atoms with Gasteiger partial charge in [0.25, 0.3) is 0 Å². The number of nitrogens with two attached hydrogens (primary N) is 1. The van der Waals surface area contributed by atoms with Gasteiger partial charge in [0.05, 0.1) is 16.7 Å². The van der Waals surface area contributed by atoms with Crippen LogP contribution in [-0.4, -0.2) is 9.78 Å². The molecule has 0 bridgehead atoms. The van der Waals surface area contributed by atoms with E-state index in [-0.39, 0.29) is 0 Å². The molecule has 0 saturated carbocycles. The highest BCUT2D eigenvalue weighted by atomic mass is 79.9. The van der Waals surface area contributed by atoms with Crippen LogP contribution >= 0.6 is 31.9 Å². The number of hydrogen-bond acceptors (Lipinski definition) is 2. The Labute approximate surface area is 111 Å². The summed E-state index contributed by atoms with van der Waals surface area (Å²) in [6.07, 6.45) is 0. The zero-order valence-corrected chi connectivity index (χ0v) is 11.9. The SMILES string of the molecule is Cc1nn(Cc2ccccc2Br)c(N)c1Br. The lowest BCUT2D eigenvalue weighted by molar-refractivity contribution is 0.687. The van der Waals surface area contributed by atoms with Crippen molar-refractivity contribution in [3.8, 4) is 0 Å². The van der Waals surface area contributed by atoms with Gasteiger partial charge in [-0.2, -0.15) is 5.10 Å². The molecule has 0 atom stereocenters. The summed E-state index contributed by atoms with van der Waals surface area (Å²) < 4.78 is 3.73. The van der Waals surface area contributed by atoms with Crippen LogP contribution in [0, 0.1) is 6.92 Å². The van der Waals surface area contributed by atoms with E-state index in [1.165, 1.54) is 0 Å². The monoisotopic (exact) mass is 343 g/mol. The van der Waals surface area contributed by atoms with Crippen LogP contribution in [0.25, 0.3) is 0 Å². The van der Waals surface area contributed by atoms with E-state index in [4.69, 9.17) is 5.73 Å². The lowest BCUT2D eigenvalue weighted by atomic mass is 10.2. The summed E-state index contributed by atoms with van der Waals surface area (Å²) in [4.78, 5) is 0. The summed E-state index contributed by atoms with van der Waals surface area (Å²) >= 11 is 6.92. The van der Waals surface area contributed by atoms with Crippen LogP contribution in [0.3, 0.4) is 0 Å². The Kier molecular flexibility index (Phi) is 3.35. The molecular weight excluding hydrogens is 334 g/mol. The molecule has 3 nitrogen and oxygen atoms in total. The molecule has 0 aliphatic heterocycles. The molecule has 0 fully saturated rings. The lowest BCUT2D eigenvalue weighted by Gasteiger charge is -2.06. The van der Waals surface area contributed by atoms with Gasteiger partial charge in [0.2, 0.25) is 0 Å². The van der Waals surface area contributed by atoms with Crippen molar-refractivity contribution in [1.82, 2.24) is 9.78 Å². The topological polar surface area (TPSA) is 43.8 Å². The van der Waals surface area contributed by atoms with E-state index in [2.05, 4.69) is 43.0 Å². The fourth-order valence-corrected chi connectivity index (χ4v) is 2.18. The first-order valence-corrected chi connectivity index (χ1v) is 6.40. The van der Waals surface area contributed by atoms with E-state index in [1.807, 2.05) is 25.1 Å². The molecule has 1 aromatic carbocycles. The van der Waals surface area contributed by atoms with Crippen molar-refractivity contribution in [2.24, 2.45) is 0 Å². The second-order valence-corrected chi connectivity index (χ2v) is 5.18. The van der Waals surface area contributed by atoms with Crippen LogP contribution in [0.4, 0.5) is 5.82 Å². The Morgan fingerprint density at radius 3 is 2.56 bits per heavy atom. The summed E-state index contributed by atoms with van der Waals surface area (Å²) in [6.45, 7) is 2.59. The highest BCUT2D eigenvalue weighted by Gasteiger charge is 2.10. The minimum atomic E-state index is 0.660. The molecule has 0 unspecified atom stereocenters. The van der Waals surface area contributed by atoms with Crippen molar-refractivity contribution in [2.75, 3.05) is 5.73 Å². The minimum Gasteiger partial charge on any atom is -0.383 e. The van der Waals surface area contributed by atoms with Crippen molar-refractivity contribution < 1.29 is 0 Å². The van der Waals surface area contributed by atoms with Crippen molar-refractivity contribution in [3.05, 3.63) is 44.5 Å². The van der Waals surface area contributed by atoms with Gasteiger partial charge >= 0.3 is 0 Å². The quantitative estimate of drug-likeness (QED) is 0.907. The first kappa shape index (κ1) is 11.7. The van der Waals surface area contributed by atoms with Crippen LogP contribution in [0.5, 0.6) is 0 Å². The van der Waals surface area contributed by atoms with Crippen LogP contribution in [-0.2, 0) is 6.54 Å². The van der Waals surface area contributed by atoms with Gasteiger partial charge in [-0.25, -0.2) is 4.68 Å². The predicted octanol–water partition coefficient (Wildman–Crippen LogP) is 3.35. The molecule has 5 heteroatoms. The van der Waals surface area contributed by atoms with E-state index in [0.29, 0.717) is 12.4 Å². The number of benzene rings is 1. The molecule has 16 heavy (non-hydrogen) atoms. The molecule has 0 aliphatic carbocycles. The first-order valence-electron chi connectivity index (χ1n) is 4.81. The number of aromatic nitrogens is 2.